The molecule has 0 aromatic rings. The van der Waals surface area contributed by atoms with Gasteiger partial charge in [0.2, 0.25) is 0 Å². The molecule has 76 valence electrons. The Hall–Kier alpha value is -0.613. The van der Waals surface area contributed by atoms with E-state index in [2.05, 4.69) is 6.58 Å². The van der Waals surface area contributed by atoms with Crippen LogP contribution >= 0.6 is 0 Å². The normalized spacial score (nSPS) is 11.1. The van der Waals surface area contributed by atoms with Gasteiger partial charge in [0.1, 0.15) is 0 Å². The zero-order valence-corrected chi connectivity index (χ0v) is 10.0. The van der Waals surface area contributed by atoms with E-state index in [4.69, 9.17) is 8.85 Å². The van der Waals surface area contributed by atoms with Gasteiger partial charge in [0.05, 0.1) is 0 Å². The minimum absolute atomic E-state index is 0.138. The topological polar surface area (TPSA) is 35.5 Å². The van der Waals surface area contributed by atoms with Gasteiger partial charge in [-0.05, 0) is 20.3 Å². The van der Waals surface area contributed by atoms with Crippen LogP contribution in [0.25, 0.3) is 0 Å². The van der Waals surface area contributed by atoms with Crippen LogP contribution in [0.2, 0.25) is 0 Å². The summed E-state index contributed by atoms with van der Waals surface area (Å²) in [4.78, 5) is 11.1. The van der Waals surface area contributed by atoms with E-state index in [0.717, 1.165) is 6.42 Å². The van der Waals surface area contributed by atoms with Crippen LogP contribution in [0.1, 0.15) is 33.6 Å². The summed E-state index contributed by atoms with van der Waals surface area (Å²) in [5, 5.41) is 0. The van der Waals surface area contributed by atoms with Gasteiger partial charge in [-0.3, -0.25) is 0 Å². The number of hydrogen-bond acceptors (Lipinski definition) is 3. The molecule has 0 unspecified atom stereocenters. The lowest BCUT2D eigenvalue weighted by atomic mass is 10.2. The molecule has 0 fully saturated rings. The van der Waals surface area contributed by atoms with Crippen molar-refractivity contribution in [2.45, 2.75) is 39.7 Å². The predicted octanol–water partition coefficient (Wildman–Crippen LogP) is 1.31. The third-order valence-corrected chi connectivity index (χ3v) is 2.61. The van der Waals surface area contributed by atoms with Crippen LogP contribution in [-0.4, -0.2) is 22.1 Å². The lowest BCUT2D eigenvalue weighted by Gasteiger charge is -2.08. The summed E-state index contributed by atoms with van der Waals surface area (Å²) >= 11 is 0. The molecule has 0 bridgehead atoms. The average molecular weight is 202 g/mol. The molecular weight excluding hydrogens is 184 g/mol. The van der Waals surface area contributed by atoms with E-state index in [1.54, 1.807) is 0 Å². The van der Waals surface area contributed by atoms with E-state index in [1.807, 2.05) is 20.8 Å². The van der Waals surface area contributed by atoms with E-state index in [-0.39, 0.29) is 12.1 Å². The van der Waals surface area contributed by atoms with Crippen LogP contribution in [0.5, 0.6) is 0 Å². The monoisotopic (exact) mass is 202 g/mol. The van der Waals surface area contributed by atoms with Gasteiger partial charge < -0.3 is 8.85 Å². The van der Waals surface area contributed by atoms with Crippen molar-refractivity contribution in [1.29, 1.82) is 0 Å². The highest BCUT2D eigenvalue weighted by atomic mass is 28.3. The maximum Gasteiger partial charge on any atom is 0.369 e. The molecule has 0 aliphatic carbocycles. The molecule has 0 heterocycles. The fourth-order valence-electron chi connectivity index (χ4n) is 0.730. The Balaban J connectivity index is 3.56. The molecule has 0 atom stereocenters. The van der Waals surface area contributed by atoms with Gasteiger partial charge in [0.15, 0.2) is 0 Å². The molecule has 0 N–H and O–H groups in total. The Morgan fingerprint density at radius 3 is 2.62 bits per heavy atom. The summed E-state index contributed by atoms with van der Waals surface area (Å²) in [5.74, 6) is -0.297. The third-order valence-electron chi connectivity index (χ3n) is 1.43. The highest BCUT2D eigenvalue weighted by Crippen LogP contribution is 2.03. The van der Waals surface area contributed by atoms with Crippen molar-refractivity contribution in [2.24, 2.45) is 0 Å². The summed E-state index contributed by atoms with van der Waals surface area (Å²) in [6, 6.07) is 0. The number of hydrogen-bond donors (Lipinski definition) is 0. The highest BCUT2D eigenvalue weighted by Gasteiger charge is 2.07. The van der Waals surface area contributed by atoms with Crippen molar-refractivity contribution in [1.82, 2.24) is 0 Å². The first-order chi connectivity index (χ1) is 6.07. The summed E-state index contributed by atoms with van der Waals surface area (Å²) in [7, 11) is -1.15. The van der Waals surface area contributed by atoms with Crippen molar-refractivity contribution in [3.05, 3.63) is 12.2 Å². The first-order valence-corrected chi connectivity index (χ1v) is 5.69. The molecule has 3 nitrogen and oxygen atoms in total. The van der Waals surface area contributed by atoms with Crippen LogP contribution in [0, 0.1) is 0 Å². The smallest absolute Gasteiger partial charge is 0.369 e. The fourth-order valence-corrected chi connectivity index (χ4v) is 1.38. The zero-order valence-electron chi connectivity index (χ0n) is 8.63. The first-order valence-electron chi connectivity index (χ1n) is 4.54. The van der Waals surface area contributed by atoms with Crippen molar-refractivity contribution in [3.8, 4) is 0 Å². The quantitative estimate of drug-likeness (QED) is 0.481. The first kappa shape index (κ1) is 12.4. The number of carbonyl (C=O) groups is 1. The largest absolute Gasteiger partial charge is 0.496 e. The summed E-state index contributed by atoms with van der Waals surface area (Å²) < 4.78 is 10.1. The second kappa shape index (κ2) is 6.86. The van der Waals surface area contributed by atoms with Gasteiger partial charge in [-0.2, -0.15) is 0 Å². The molecular formula is C9H18O3Si. The molecule has 0 rings (SSSR count). The van der Waals surface area contributed by atoms with Crippen LogP contribution in [0.3, 0.4) is 0 Å². The van der Waals surface area contributed by atoms with Crippen molar-refractivity contribution in [2.75, 3.05) is 0 Å². The number of carbonyl (C=O) groups excluding carboxylic acids is 1. The second-order valence-electron chi connectivity index (χ2n) is 3.12. The Kier molecular flexibility index (Phi) is 6.53. The predicted molar refractivity (Wildman–Crippen MR) is 54.9 cm³/mol. The van der Waals surface area contributed by atoms with Gasteiger partial charge in [-0.25, -0.2) is 4.79 Å². The van der Waals surface area contributed by atoms with Gasteiger partial charge in [-0.1, -0.05) is 19.9 Å². The highest BCUT2D eigenvalue weighted by molar-refractivity contribution is 6.23. The van der Waals surface area contributed by atoms with Crippen LogP contribution in [0.15, 0.2) is 12.2 Å². The van der Waals surface area contributed by atoms with Crippen molar-refractivity contribution < 1.29 is 13.6 Å². The molecule has 4 heteroatoms. The standard InChI is InChI=1S/C9H18O3Si/c1-5-6-8(4)9(10)12-13-11-7(2)3/h7H,4-6,13H2,1-3H3. The molecule has 0 saturated heterocycles. The average Bonchev–Trinajstić information content (AvgIpc) is 2.04. The Morgan fingerprint density at radius 1 is 1.54 bits per heavy atom. The SMILES string of the molecule is C=C(CCC)C(=O)O[SiH2]OC(C)C. The summed E-state index contributed by atoms with van der Waals surface area (Å²) in [6.45, 7) is 9.47. The van der Waals surface area contributed by atoms with Gasteiger partial charge >= 0.3 is 16.0 Å². The molecule has 0 spiro atoms. The molecule has 0 radical (unpaired) electrons. The lowest BCUT2D eigenvalue weighted by Crippen LogP contribution is -2.16. The molecule has 0 aromatic heterocycles. The zero-order chi connectivity index (χ0) is 10.3. The van der Waals surface area contributed by atoms with E-state index >= 15 is 0 Å². The molecule has 0 aromatic carbocycles. The van der Waals surface area contributed by atoms with Gasteiger partial charge in [0.25, 0.3) is 0 Å². The van der Waals surface area contributed by atoms with Crippen LogP contribution < -0.4 is 0 Å². The maximum absolute atomic E-state index is 11.1. The molecule has 0 amide bonds. The molecule has 13 heavy (non-hydrogen) atoms. The third kappa shape index (κ3) is 6.54. The molecule has 0 aliphatic rings. The Labute approximate surface area is 82.2 Å². The van der Waals surface area contributed by atoms with Crippen LogP contribution in [-0.2, 0) is 13.6 Å². The second-order valence-corrected chi connectivity index (χ2v) is 3.98. The summed E-state index contributed by atoms with van der Waals surface area (Å²) in [5.41, 5.74) is 0.544. The van der Waals surface area contributed by atoms with Crippen molar-refractivity contribution in [3.63, 3.8) is 0 Å². The van der Waals surface area contributed by atoms with Gasteiger partial charge in [-0.15, -0.1) is 0 Å². The molecule has 0 aliphatic heterocycles. The Morgan fingerprint density at radius 2 is 2.15 bits per heavy atom. The maximum atomic E-state index is 11.1. The number of rotatable bonds is 6. The lowest BCUT2D eigenvalue weighted by molar-refractivity contribution is -0.131. The minimum Gasteiger partial charge on any atom is -0.496 e. The van der Waals surface area contributed by atoms with E-state index in [1.165, 1.54) is 0 Å². The minimum atomic E-state index is -1.15. The van der Waals surface area contributed by atoms with Crippen LogP contribution in [0.4, 0.5) is 0 Å². The van der Waals surface area contributed by atoms with Gasteiger partial charge in [0, 0.05) is 11.7 Å². The Bertz CT molecular complexity index is 178. The van der Waals surface area contributed by atoms with E-state index < -0.39 is 10.0 Å². The summed E-state index contributed by atoms with van der Waals surface area (Å²) in [6.07, 6.45) is 1.76. The van der Waals surface area contributed by atoms with E-state index in [9.17, 15) is 4.79 Å². The fraction of sp³-hybridized carbons (Fsp3) is 0.667. The molecule has 0 saturated carbocycles. The van der Waals surface area contributed by atoms with E-state index in [0.29, 0.717) is 12.0 Å². The van der Waals surface area contributed by atoms with Crippen molar-refractivity contribution >= 4 is 16.0 Å².